The van der Waals surface area contributed by atoms with Gasteiger partial charge in [-0.05, 0) is 12.1 Å². The molecule has 29 heavy (non-hydrogen) atoms. The fourth-order valence-electron chi connectivity index (χ4n) is 2.85. The number of nitrogens with zero attached hydrogens (tertiary/aromatic N) is 4. The van der Waals surface area contributed by atoms with Crippen molar-refractivity contribution in [1.82, 2.24) is 10.3 Å². The number of phenols is 1. The number of nitrogens with one attached hydrogen (secondary N) is 2. The van der Waals surface area contributed by atoms with Gasteiger partial charge in [-0.25, -0.2) is 9.98 Å². The van der Waals surface area contributed by atoms with E-state index in [0.29, 0.717) is 6.07 Å². The van der Waals surface area contributed by atoms with E-state index in [0.717, 1.165) is 0 Å². The summed E-state index contributed by atoms with van der Waals surface area (Å²) >= 11 is 2.99. The molecule has 1 unspecified atom stereocenters. The van der Waals surface area contributed by atoms with Crippen LogP contribution in [-0.2, 0) is 6.18 Å². The number of benzene rings is 1. The lowest BCUT2D eigenvalue weighted by Gasteiger charge is -2.27. The number of aliphatic imine (C=N–C) groups is 1. The van der Waals surface area contributed by atoms with Crippen molar-refractivity contribution in [3.8, 4) is 18.0 Å². The summed E-state index contributed by atoms with van der Waals surface area (Å²) in [5.74, 6) is -1.48. The highest BCUT2D eigenvalue weighted by molar-refractivity contribution is 9.10. The number of hydrogen-bond donors (Lipinski definition) is 5. The number of nitriles is 2. The smallest absolute Gasteiger partial charge is 0.420 e. The van der Waals surface area contributed by atoms with Crippen LogP contribution in [0.15, 0.2) is 21.6 Å². The van der Waals surface area contributed by atoms with Gasteiger partial charge in [-0.15, -0.1) is 0 Å². The van der Waals surface area contributed by atoms with Gasteiger partial charge in [0.1, 0.15) is 35.1 Å². The first-order chi connectivity index (χ1) is 13.6. The molecule has 2 aromatic rings. The van der Waals surface area contributed by atoms with Crippen LogP contribution in [0.4, 0.5) is 30.5 Å². The molecule has 0 spiro atoms. The topological polar surface area (TPSA) is 169 Å². The molecule has 1 aromatic heterocycles. The summed E-state index contributed by atoms with van der Waals surface area (Å²) in [5.41, 5.74) is 9.84. The summed E-state index contributed by atoms with van der Waals surface area (Å²) in [6, 6.07) is 2.39. The Bertz CT molecular complexity index is 1130. The van der Waals surface area contributed by atoms with E-state index in [1.54, 1.807) is 12.3 Å². The molecular weight excluding hydrogens is 457 g/mol. The number of halogens is 4. The van der Waals surface area contributed by atoms with Crippen molar-refractivity contribution >= 4 is 39.2 Å². The molecule has 1 aliphatic heterocycles. The van der Waals surface area contributed by atoms with Crippen LogP contribution in [0.3, 0.4) is 0 Å². The molecule has 0 aliphatic carbocycles. The number of phenolic OH excluding ortho intramolecular Hbond substituents is 1. The van der Waals surface area contributed by atoms with E-state index < -0.39 is 23.5 Å². The van der Waals surface area contributed by atoms with Crippen LogP contribution in [-0.4, -0.2) is 16.1 Å². The minimum Gasteiger partial charge on any atom is -0.507 e. The van der Waals surface area contributed by atoms with Crippen LogP contribution >= 0.6 is 15.9 Å². The van der Waals surface area contributed by atoms with E-state index in [1.807, 2.05) is 0 Å². The minimum absolute atomic E-state index is 0.0187. The van der Waals surface area contributed by atoms with E-state index in [-0.39, 0.29) is 44.4 Å². The fourth-order valence-corrected chi connectivity index (χ4v) is 3.33. The second kappa shape index (κ2) is 7.03. The van der Waals surface area contributed by atoms with Gasteiger partial charge in [0.2, 0.25) is 5.96 Å². The maximum Gasteiger partial charge on any atom is 0.420 e. The molecule has 13 heteroatoms. The zero-order valence-corrected chi connectivity index (χ0v) is 15.7. The van der Waals surface area contributed by atoms with Gasteiger partial charge in [0.05, 0.1) is 11.3 Å². The van der Waals surface area contributed by atoms with Gasteiger partial charge in [0.25, 0.3) is 0 Å². The molecule has 7 N–H and O–H groups in total. The second-order valence-electron chi connectivity index (χ2n) is 5.79. The molecule has 0 saturated heterocycles. The Labute approximate surface area is 169 Å². The number of nitrogen functional groups attached to an aromatic ring is 2. The molecule has 1 aromatic carbocycles. The normalized spacial score (nSPS) is 15.4. The standard InChI is InChI=1S/C16H10BrF3N8O/c17-5-1-6(12(29)8(2-5)16(18,19)20)11-9-10(23)7(3-21)13(24)27-14(9)28-15(26-11)25-4-22/h1-2,11,29H,(H6,23,24,25,26,27,28). The quantitative estimate of drug-likeness (QED) is 0.315. The van der Waals surface area contributed by atoms with Crippen LogP contribution in [0, 0.1) is 22.8 Å². The minimum atomic E-state index is -4.85. The number of pyridine rings is 1. The van der Waals surface area contributed by atoms with Crippen molar-refractivity contribution in [3.05, 3.63) is 38.9 Å². The number of fused-ring (bicyclic) bond motifs is 1. The molecule has 9 nitrogen and oxygen atoms in total. The molecule has 0 radical (unpaired) electrons. The Balaban J connectivity index is 2.35. The Morgan fingerprint density at radius 2 is 1.97 bits per heavy atom. The van der Waals surface area contributed by atoms with Crippen LogP contribution in [0.2, 0.25) is 0 Å². The van der Waals surface area contributed by atoms with Crippen molar-refractivity contribution in [2.45, 2.75) is 12.2 Å². The highest BCUT2D eigenvalue weighted by Crippen LogP contribution is 2.47. The third-order valence-corrected chi connectivity index (χ3v) is 4.52. The lowest BCUT2D eigenvalue weighted by Crippen LogP contribution is -2.33. The van der Waals surface area contributed by atoms with Gasteiger partial charge in [0, 0.05) is 15.6 Å². The molecule has 3 rings (SSSR count). The first-order valence-electron chi connectivity index (χ1n) is 7.67. The van der Waals surface area contributed by atoms with E-state index in [1.165, 1.54) is 6.07 Å². The third-order valence-electron chi connectivity index (χ3n) is 4.06. The molecule has 0 saturated carbocycles. The number of aromatic hydroxyl groups is 1. The van der Waals surface area contributed by atoms with Gasteiger partial charge in [0.15, 0.2) is 6.19 Å². The summed E-state index contributed by atoms with van der Waals surface area (Å²) < 4.78 is 40.0. The Hall–Kier alpha value is -3.71. The van der Waals surface area contributed by atoms with E-state index in [4.69, 9.17) is 16.7 Å². The number of alkyl halides is 3. The number of rotatable bonds is 1. The molecule has 148 valence electrons. The highest BCUT2D eigenvalue weighted by atomic mass is 79.9. The first kappa shape index (κ1) is 20.0. The van der Waals surface area contributed by atoms with E-state index in [9.17, 15) is 23.5 Å². The van der Waals surface area contributed by atoms with Gasteiger partial charge < -0.3 is 21.9 Å². The first-order valence-corrected chi connectivity index (χ1v) is 8.46. The van der Waals surface area contributed by atoms with Crippen molar-refractivity contribution in [2.75, 3.05) is 16.8 Å². The number of guanidine groups is 1. The summed E-state index contributed by atoms with van der Waals surface area (Å²) in [4.78, 5) is 8.12. The fraction of sp³-hybridized carbons (Fsp3) is 0.125. The lowest BCUT2D eigenvalue weighted by molar-refractivity contribution is -0.138. The van der Waals surface area contributed by atoms with Crippen molar-refractivity contribution in [2.24, 2.45) is 4.99 Å². The highest BCUT2D eigenvalue weighted by Gasteiger charge is 2.38. The number of hydrogen-bond acceptors (Lipinski definition) is 9. The largest absolute Gasteiger partial charge is 0.507 e. The zero-order valence-electron chi connectivity index (χ0n) is 14.1. The zero-order chi connectivity index (χ0) is 21.5. The Morgan fingerprint density at radius 1 is 1.28 bits per heavy atom. The summed E-state index contributed by atoms with van der Waals surface area (Å²) in [6.45, 7) is 0. The van der Waals surface area contributed by atoms with Crippen LogP contribution in [0.25, 0.3) is 0 Å². The van der Waals surface area contributed by atoms with E-state index in [2.05, 4.69) is 36.5 Å². The predicted molar refractivity (Wildman–Crippen MR) is 100 cm³/mol. The maximum atomic E-state index is 13.3. The molecule has 0 bridgehead atoms. The van der Waals surface area contributed by atoms with Crippen molar-refractivity contribution < 1.29 is 18.3 Å². The van der Waals surface area contributed by atoms with Crippen molar-refractivity contribution in [3.63, 3.8) is 0 Å². The van der Waals surface area contributed by atoms with Gasteiger partial charge in [-0.3, -0.25) is 5.32 Å². The summed E-state index contributed by atoms with van der Waals surface area (Å²) in [6.07, 6.45) is -3.23. The van der Waals surface area contributed by atoms with Crippen LogP contribution in [0.5, 0.6) is 5.75 Å². The Morgan fingerprint density at radius 3 is 2.55 bits per heavy atom. The summed E-state index contributed by atoms with van der Waals surface area (Å²) in [5, 5.41) is 33.3. The lowest BCUT2D eigenvalue weighted by atomic mass is 9.93. The second-order valence-corrected chi connectivity index (χ2v) is 6.71. The number of nitrogens with two attached hydrogens (primary N) is 2. The van der Waals surface area contributed by atoms with Gasteiger partial charge in [-0.1, -0.05) is 15.9 Å². The van der Waals surface area contributed by atoms with Gasteiger partial charge >= 0.3 is 6.18 Å². The third kappa shape index (κ3) is 3.43. The SMILES string of the molecule is N#CNC1=NC(c2cc(Br)cc(C(F)(F)F)c2O)c2c(nc(N)c(C#N)c2N)N1. The maximum absolute atomic E-state index is 13.3. The summed E-state index contributed by atoms with van der Waals surface area (Å²) in [7, 11) is 0. The molecule has 2 heterocycles. The number of aromatic nitrogens is 1. The molecular formula is C16H10BrF3N8O. The van der Waals surface area contributed by atoms with Crippen LogP contribution in [0.1, 0.15) is 28.3 Å². The Kier molecular flexibility index (Phi) is 4.86. The van der Waals surface area contributed by atoms with E-state index >= 15 is 0 Å². The average molecular weight is 467 g/mol. The monoisotopic (exact) mass is 466 g/mol. The average Bonchev–Trinajstić information content (AvgIpc) is 2.62. The molecule has 0 amide bonds. The molecule has 0 fully saturated rings. The molecule has 1 aliphatic rings. The van der Waals surface area contributed by atoms with Crippen molar-refractivity contribution in [1.29, 1.82) is 10.5 Å². The predicted octanol–water partition coefficient (Wildman–Crippen LogP) is 2.55. The number of anilines is 3. The van der Waals surface area contributed by atoms with Crippen LogP contribution < -0.4 is 22.1 Å². The molecule has 1 atom stereocenters. The van der Waals surface area contributed by atoms with Gasteiger partial charge in [-0.2, -0.15) is 23.7 Å².